The Morgan fingerprint density at radius 3 is 2.10 bits per heavy atom. The summed E-state index contributed by atoms with van der Waals surface area (Å²) in [4.78, 5) is 26.3. The van der Waals surface area contributed by atoms with Gasteiger partial charge in [-0.05, 0) is 103 Å². The Bertz CT molecular complexity index is 1770. The number of hydrogen-bond acceptors (Lipinski definition) is 3. The van der Waals surface area contributed by atoms with Crippen molar-refractivity contribution < 1.29 is 22.8 Å². The number of fused-ring (bicyclic) bond motifs is 1. The lowest BCUT2D eigenvalue weighted by Crippen LogP contribution is -2.34. The third-order valence-corrected chi connectivity index (χ3v) is 7.56. The zero-order valence-corrected chi connectivity index (χ0v) is 22.0. The van der Waals surface area contributed by atoms with Crippen LogP contribution in [0.2, 0.25) is 0 Å². The molecule has 0 atom stereocenters. The summed E-state index contributed by atoms with van der Waals surface area (Å²) in [6.45, 7) is 1.96. The Kier molecular flexibility index (Phi) is 6.22. The summed E-state index contributed by atoms with van der Waals surface area (Å²) in [7, 11) is 1.55. The van der Waals surface area contributed by atoms with E-state index in [1.54, 1.807) is 43.4 Å². The van der Waals surface area contributed by atoms with Gasteiger partial charge in [-0.3, -0.25) is 9.59 Å². The molecule has 0 spiro atoms. The van der Waals surface area contributed by atoms with E-state index >= 15 is 0 Å². The molecule has 0 unspecified atom stereocenters. The molecule has 0 aliphatic heterocycles. The molecule has 1 fully saturated rings. The van der Waals surface area contributed by atoms with Gasteiger partial charge in [-0.1, -0.05) is 24.3 Å². The zero-order valence-electron chi connectivity index (χ0n) is 22.0. The fourth-order valence-electron chi connectivity index (χ4n) is 5.16. The number of hydrogen-bond donors (Lipinski definition) is 2. The smallest absolute Gasteiger partial charge is 0.255 e. The van der Waals surface area contributed by atoms with Crippen molar-refractivity contribution in [3.63, 3.8) is 0 Å². The van der Waals surface area contributed by atoms with Crippen LogP contribution >= 0.6 is 0 Å². The van der Waals surface area contributed by atoms with Crippen LogP contribution in [0.25, 0.3) is 33.4 Å². The average molecular weight is 537 g/mol. The Morgan fingerprint density at radius 2 is 1.45 bits per heavy atom. The first-order chi connectivity index (χ1) is 19.3. The normalized spacial score (nSPS) is 13.7. The summed E-state index contributed by atoms with van der Waals surface area (Å²) >= 11 is 0. The van der Waals surface area contributed by atoms with Crippen LogP contribution in [0.3, 0.4) is 0 Å². The van der Waals surface area contributed by atoms with E-state index in [2.05, 4.69) is 10.6 Å². The molecule has 2 N–H and O–H groups in total. The van der Waals surface area contributed by atoms with Gasteiger partial charge in [0.05, 0.1) is 11.1 Å². The van der Waals surface area contributed by atoms with Gasteiger partial charge in [-0.2, -0.15) is 0 Å². The van der Waals surface area contributed by atoms with Crippen LogP contribution in [0, 0.1) is 18.6 Å². The minimum Gasteiger partial charge on any atom is -0.455 e. The maximum Gasteiger partial charge on any atom is 0.255 e. The van der Waals surface area contributed by atoms with Gasteiger partial charge in [0.2, 0.25) is 0 Å². The third kappa shape index (κ3) is 4.53. The van der Waals surface area contributed by atoms with E-state index in [9.17, 15) is 18.4 Å². The number of aryl methyl sites for hydroxylation is 1. The summed E-state index contributed by atoms with van der Waals surface area (Å²) in [5, 5.41) is 6.43. The second kappa shape index (κ2) is 9.75. The molecule has 1 aliphatic carbocycles. The molecule has 5 aromatic rings. The number of carbonyl (C=O) groups is 2. The SMILES string of the molecule is CNC(=O)c1c(-c2ccc(F)cc2)oc2ccc(-c3cc(C(=O)NC4(c5ccc(F)cc5)CC4)ccc3C)cc12. The van der Waals surface area contributed by atoms with Gasteiger partial charge in [0.25, 0.3) is 11.8 Å². The molecule has 0 bridgehead atoms. The highest BCUT2D eigenvalue weighted by Crippen LogP contribution is 2.46. The number of benzene rings is 4. The van der Waals surface area contributed by atoms with Gasteiger partial charge in [-0.25, -0.2) is 8.78 Å². The van der Waals surface area contributed by atoms with Crippen molar-refractivity contribution in [1.29, 1.82) is 0 Å². The predicted molar refractivity (Wildman–Crippen MR) is 150 cm³/mol. The van der Waals surface area contributed by atoms with E-state index in [-0.39, 0.29) is 23.4 Å². The molecule has 5 nitrogen and oxygen atoms in total. The van der Waals surface area contributed by atoms with Crippen molar-refractivity contribution in [3.05, 3.63) is 119 Å². The number of furan rings is 1. The highest BCUT2D eigenvalue weighted by Gasteiger charge is 2.45. The summed E-state index contributed by atoms with van der Waals surface area (Å²) in [6.07, 6.45) is 1.58. The van der Waals surface area contributed by atoms with Crippen molar-refractivity contribution in [2.24, 2.45) is 0 Å². The summed E-state index contributed by atoms with van der Waals surface area (Å²) in [5.41, 5.74) is 4.98. The van der Waals surface area contributed by atoms with E-state index in [1.165, 1.54) is 24.3 Å². The Labute approximate surface area is 229 Å². The minimum atomic E-state index is -0.481. The zero-order chi connectivity index (χ0) is 28.0. The highest BCUT2D eigenvalue weighted by molar-refractivity contribution is 6.12. The molecule has 2 amide bonds. The molecule has 0 radical (unpaired) electrons. The Balaban J connectivity index is 1.37. The molecular weight excluding hydrogens is 510 g/mol. The van der Waals surface area contributed by atoms with E-state index < -0.39 is 5.54 Å². The van der Waals surface area contributed by atoms with Gasteiger partial charge >= 0.3 is 0 Å². The standard InChI is InChI=1S/C33H26F2N2O3/c1-19-3-4-22(31(38)37-33(15-16-33)23-8-12-25(35)13-9-23)18-26(19)21-7-14-28-27(17-21)29(32(39)36-2)30(40-28)20-5-10-24(34)11-6-20/h3-14,17-18H,15-16H2,1-2H3,(H,36,39)(H,37,38). The number of halogens is 2. The van der Waals surface area contributed by atoms with Crippen molar-refractivity contribution in [1.82, 2.24) is 10.6 Å². The van der Waals surface area contributed by atoms with E-state index in [4.69, 9.17) is 4.42 Å². The molecule has 1 aliphatic rings. The fourth-order valence-corrected chi connectivity index (χ4v) is 5.16. The van der Waals surface area contributed by atoms with Gasteiger partial charge in [0.1, 0.15) is 23.0 Å². The van der Waals surface area contributed by atoms with E-state index in [1.807, 2.05) is 31.2 Å². The first-order valence-corrected chi connectivity index (χ1v) is 13.0. The maximum atomic E-state index is 13.5. The fraction of sp³-hybridized carbons (Fsp3) is 0.152. The number of nitrogens with one attached hydrogen (secondary N) is 2. The number of carbonyl (C=O) groups excluding carboxylic acids is 2. The molecule has 0 saturated heterocycles. The van der Waals surface area contributed by atoms with Crippen LogP contribution in [0.15, 0.2) is 89.3 Å². The maximum absolute atomic E-state index is 13.5. The lowest BCUT2D eigenvalue weighted by molar-refractivity contribution is 0.0929. The quantitative estimate of drug-likeness (QED) is 0.243. The van der Waals surface area contributed by atoms with Gasteiger partial charge in [0, 0.05) is 23.6 Å². The highest BCUT2D eigenvalue weighted by atomic mass is 19.1. The summed E-state index contributed by atoms with van der Waals surface area (Å²) in [5.74, 6) is -0.874. The molecule has 1 aromatic heterocycles. The Hall–Kier alpha value is -4.78. The molecule has 200 valence electrons. The predicted octanol–water partition coefficient (Wildman–Crippen LogP) is 7.13. The molecular formula is C33H26F2N2O3. The molecule has 1 saturated carbocycles. The van der Waals surface area contributed by atoms with Gasteiger partial charge in [-0.15, -0.1) is 0 Å². The van der Waals surface area contributed by atoms with Gasteiger partial charge < -0.3 is 15.1 Å². The molecule has 4 aromatic carbocycles. The van der Waals surface area contributed by atoms with Crippen molar-refractivity contribution in [3.8, 4) is 22.5 Å². The molecule has 40 heavy (non-hydrogen) atoms. The van der Waals surface area contributed by atoms with Crippen molar-refractivity contribution in [2.45, 2.75) is 25.3 Å². The third-order valence-electron chi connectivity index (χ3n) is 7.56. The van der Waals surface area contributed by atoms with Crippen LogP contribution in [-0.4, -0.2) is 18.9 Å². The van der Waals surface area contributed by atoms with E-state index in [0.717, 1.165) is 35.1 Å². The van der Waals surface area contributed by atoms with Crippen LogP contribution in [0.1, 0.15) is 44.7 Å². The molecule has 7 heteroatoms. The first kappa shape index (κ1) is 25.5. The largest absolute Gasteiger partial charge is 0.455 e. The molecule has 6 rings (SSSR count). The lowest BCUT2D eigenvalue weighted by Gasteiger charge is -2.19. The second-order valence-corrected chi connectivity index (χ2v) is 10.2. The van der Waals surface area contributed by atoms with Crippen LogP contribution < -0.4 is 10.6 Å². The van der Waals surface area contributed by atoms with Gasteiger partial charge in [0.15, 0.2) is 0 Å². The second-order valence-electron chi connectivity index (χ2n) is 10.2. The molecule has 1 heterocycles. The monoisotopic (exact) mass is 536 g/mol. The van der Waals surface area contributed by atoms with Crippen LogP contribution in [-0.2, 0) is 5.54 Å². The van der Waals surface area contributed by atoms with E-state index in [0.29, 0.717) is 33.4 Å². The topological polar surface area (TPSA) is 71.3 Å². The Morgan fingerprint density at radius 1 is 0.800 bits per heavy atom. The van der Waals surface area contributed by atoms with Crippen LogP contribution in [0.5, 0.6) is 0 Å². The average Bonchev–Trinajstić information content (AvgIpc) is 3.64. The summed E-state index contributed by atoms with van der Waals surface area (Å²) in [6, 6.07) is 23.1. The lowest BCUT2D eigenvalue weighted by atomic mass is 9.95. The number of rotatable bonds is 6. The van der Waals surface area contributed by atoms with Crippen molar-refractivity contribution in [2.75, 3.05) is 7.05 Å². The summed E-state index contributed by atoms with van der Waals surface area (Å²) < 4.78 is 33.0. The van der Waals surface area contributed by atoms with Crippen molar-refractivity contribution >= 4 is 22.8 Å². The minimum absolute atomic E-state index is 0.211. The van der Waals surface area contributed by atoms with Crippen LogP contribution in [0.4, 0.5) is 8.78 Å². The first-order valence-electron chi connectivity index (χ1n) is 13.0. The number of amides is 2.